The maximum absolute atomic E-state index is 12.3. The molecule has 0 spiro atoms. The highest BCUT2D eigenvalue weighted by Gasteiger charge is 2.25. The molecule has 1 aromatic heterocycles. The molecule has 150 valence electrons. The fourth-order valence-electron chi connectivity index (χ4n) is 2.80. The smallest absolute Gasteiger partial charge is 0.280 e. The van der Waals surface area contributed by atoms with Gasteiger partial charge in [0.15, 0.2) is 5.17 Å². The molecule has 0 atom stereocenters. The zero-order chi connectivity index (χ0) is 21.1. The molecule has 30 heavy (non-hydrogen) atoms. The van der Waals surface area contributed by atoms with Gasteiger partial charge >= 0.3 is 0 Å². The molecule has 9 heteroatoms. The summed E-state index contributed by atoms with van der Waals surface area (Å²) in [6.45, 7) is 0. The van der Waals surface area contributed by atoms with E-state index in [1.807, 2.05) is 0 Å². The summed E-state index contributed by atoms with van der Waals surface area (Å²) in [5.41, 5.74) is 1.00. The van der Waals surface area contributed by atoms with Gasteiger partial charge in [-0.25, -0.2) is 4.99 Å². The molecule has 4 rings (SSSR count). The number of hydrogen-bond acceptors (Lipinski definition) is 7. The van der Waals surface area contributed by atoms with Crippen molar-refractivity contribution in [3.05, 3.63) is 81.4 Å². The standard InChI is InChI=1S/C21H15N3O5S/c1-28-14-8-6-13(7-9-14)22-21-23-20(25)19(30-21)12-15-10-11-18(29-15)16-4-2-3-5-17(16)24(26)27/h2-12H,1H3,(H,22,23,25). The van der Waals surface area contributed by atoms with Crippen LogP contribution in [0.5, 0.6) is 5.75 Å². The fourth-order valence-corrected chi connectivity index (χ4v) is 3.62. The minimum absolute atomic E-state index is 0.0482. The highest BCUT2D eigenvalue weighted by Crippen LogP contribution is 2.33. The molecule has 0 bridgehead atoms. The lowest BCUT2D eigenvalue weighted by Gasteiger charge is -1.99. The first-order valence-electron chi connectivity index (χ1n) is 8.81. The monoisotopic (exact) mass is 421 g/mol. The van der Waals surface area contributed by atoms with Crippen molar-refractivity contribution in [2.45, 2.75) is 0 Å². The third-order valence-corrected chi connectivity index (χ3v) is 5.13. The summed E-state index contributed by atoms with van der Waals surface area (Å²) in [7, 11) is 1.58. The summed E-state index contributed by atoms with van der Waals surface area (Å²) in [4.78, 5) is 27.8. The number of furan rings is 1. The summed E-state index contributed by atoms with van der Waals surface area (Å²) < 4.78 is 10.8. The van der Waals surface area contributed by atoms with E-state index >= 15 is 0 Å². The largest absolute Gasteiger partial charge is 0.497 e. The first kappa shape index (κ1) is 19.5. The molecule has 1 N–H and O–H groups in total. The van der Waals surface area contributed by atoms with Gasteiger partial charge in [-0.3, -0.25) is 14.9 Å². The maximum atomic E-state index is 12.3. The lowest BCUT2D eigenvalue weighted by atomic mass is 10.1. The minimum atomic E-state index is -0.460. The Labute approximate surface area is 175 Å². The number of aliphatic imine (C=N–C) groups is 1. The molecule has 0 saturated carbocycles. The third kappa shape index (κ3) is 4.11. The molecule has 0 radical (unpaired) electrons. The number of nitrogens with one attached hydrogen (secondary N) is 1. The van der Waals surface area contributed by atoms with Crippen molar-refractivity contribution < 1.29 is 18.9 Å². The number of nitrogens with zero attached hydrogens (tertiary/aromatic N) is 2. The third-order valence-electron chi connectivity index (χ3n) is 4.22. The van der Waals surface area contributed by atoms with Crippen LogP contribution in [-0.4, -0.2) is 23.1 Å². The Bertz CT molecular complexity index is 1180. The van der Waals surface area contributed by atoms with Gasteiger partial charge < -0.3 is 14.5 Å². The minimum Gasteiger partial charge on any atom is -0.497 e. The first-order chi connectivity index (χ1) is 14.5. The lowest BCUT2D eigenvalue weighted by molar-refractivity contribution is -0.384. The van der Waals surface area contributed by atoms with Crippen LogP contribution < -0.4 is 10.1 Å². The van der Waals surface area contributed by atoms with Gasteiger partial charge in [0.05, 0.1) is 28.2 Å². The van der Waals surface area contributed by atoms with Crippen molar-refractivity contribution in [3.63, 3.8) is 0 Å². The second kappa shape index (κ2) is 8.26. The van der Waals surface area contributed by atoms with E-state index in [0.717, 1.165) is 5.75 Å². The number of carbonyl (C=O) groups is 1. The second-order valence-corrected chi connectivity index (χ2v) is 7.19. The van der Waals surface area contributed by atoms with E-state index in [2.05, 4.69) is 10.3 Å². The predicted molar refractivity (Wildman–Crippen MR) is 115 cm³/mol. The summed E-state index contributed by atoms with van der Waals surface area (Å²) >= 11 is 1.18. The van der Waals surface area contributed by atoms with Crippen molar-refractivity contribution in [2.24, 2.45) is 4.99 Å². The molecule has 2 aromatic carbocycles. The lowest BCUT2D eigenvalue weighted by Crippen LogP contribution is -2.19. The maximum Gasteiger partial charge on any atom is 0.280 e. The second-order valence-electron chi connectivity index (χ2n) is 6.16. The number of rotatable bonds is 5. The van der Waals surface area contributed by atoms with E-state index in [1.54, 1.807) is 67.8 Å². The number of nitro benzene ring substituents is 1. The summed E-state index contributed by atoms with van der Waals surface area (Å²) in [6, 6.07) is 16.8. The summed E-state index contributed by atoms with van der Waals surface area (Å²) in [6.07, 6.45) is 1.58. The Balaban J connectivity index is 1.55. The van der Waals surface area contributed by atoms with E-state index in [-0.39, 0.29) is 11.6 Å². The Kier molecular flexibility index (Phi) is 5.36. The van der Waals surface area contributed by atoms with Gasteiger partial charge in [0.1, 0.15) is 17.3 Å². The van der Waals surface area contributed by atoms with Gasteiger partial charge in [0.2, 0.25) is 0 Å². The molecule has 1 fully saturated rings. The predicted octanol–water partition coefficient (Wildman–Crippen LogP) is 4.76. The average Bonchev–Trinajstić information content (AvgIpc) is 3.35. The molecule has 0 aliphatic carbocycles. The molecular weight excluding hydrogens is 406 g/mol. The SMILES string of the molecule is COc1ccc(N=C2NC(=O)C(=Cc3ccc(-c4ccccc4[N+](=O)[O-])o3)S2)cc1. The Morgan fingerprint density at radius 1 is 1.13 bits per heavy atom. The number of nitro groups is 1. The van der Waals surface area contributed by atoms with Gasteiger partial charge in [-0.15, -0.1) is 0 Å². The van der Waals surface area contributed by atoms with Crippen LogP contribution in [0.3, 0.4) is 0 Å². The molecule has 1 aliphatic rings. The molecule has 1 amide bonds. The first-order valence-corrected chi connectivity index (χ1v) is 9.62. The number of methoxy groups -OCH3 is 1. The molecular formula is C21H15N3O5S. The normalized spacial score (nSPS) is 16.1. The van der Waals surface area contributed by atoms with Crippen molar-refractivity contribution in [2.75, 3.05) is 7.11 Å². The number of para-hydroxylation sites is 1. The number of amides is 1. The van der Waals surface area contributed by atoms with Gasteiger partial charge in [0, 0.05) is 12.1 Å². The topological polar surface area (TPSA) is 107 Å². The average molecular weight is 421 g/mol. The van der Waals surface area contributed by atoms with Crippen LogP contribution in [0.15, 0.2) is 75.0 Å². The van der Waals surface area contributed by atoms with Gasteiger partial charge in [-0.1, -0.05) is 12.1 Å². The van der Waals surface area contributed by atoms with Crippen molar-refractivity contribution in [3.8, 4) is 17.1 Å². The van der Waals surface area contributed by atoms with Crippen LogP contribution in [0.25, 0.3) is 17.4 Å². The number of amidine groups is 1. The van der Waals surface area contributed by atoms with E-state index in [4.69, 9.17) is 9.15 Å². The molecule has 8 nitrogen and oxygen atoms in total. The van der Waals surface area contributed by atoms with Crippen LogP contribution in [-0.2, 0) is 4.79 Å². The number of hydrogen-bond donors (Lipinski definition) is 1. The summed E-state index contributed by atoms with van der Waals surface area (Å²) in [5, 5.41) is 14.4. The fraction of sp³-hybridized carbons (Fsp3) is 0.0476. The highest BCUT2D eigenvalue weighted by atomic mass is 32.2. The zero-order valence-electron chi connectivity index (χ0n) is 15.7. The Morgan fingerprint density at radius 2 is 1.90 bits per heavy atom. The number of carbonyl (C=O) groups excluding carboxylic acids is 1. The van der Waals surface area contributed by atoms with E-state index in [9.17, 15) is 14.9 Å². The van der Waals surface area contributed by atoms with E-state index in [1.165, 1.54) is 17.8 Å². The van der Waals surface area contributed by atoms with Crippen LogP contribution in [0.4, 0.5) is 11.4 Å². The van der Waals surface area contributed by atoms with Crippen LogP contribution in [0.1, 0.15) is 5.76 Å². The molecule has 1 aliphatic heterocycles. The number of benzene rings is 2. The van der Waals surface area contributed by atoms with Gasteiger partial charge in [0.25, 0.3) is 11.6 Å². The molecule has 1 saturated heterocycles. The van der Waals surface area contributed by atoms with E-state index in [0.29, 0.717) is 32.8 Å². The number of ether oxygens (including phenoxy) is 1. The highest BCUT2D eigenvalue weighted by molar-refractivity contribution is 8.18. The van der Waals surface area contributed by atoms with Crippen LogP contribution in [0, 0.1) is 10.1 Å². The molecule has 2 heterocycles. The van der Waals surface area contributed by atoms with Crippen molar-refractivity contribution in [1.82, 2.24) is 5.32 Å². The van der Waals surface area contributed by atoms with Crippen molar-refractivity contribution in [1.29, 1.82) is 0 Å². The zero-order valence-corrected chi connectivity index (χ0v) is 16.5. The quantitative estimate of drug-likeness (QED) is 0.362. The van der Waals surface area contributed by atoms with Crippen LogP contribution >= 0.6 is 11.8 Å². The van der Waals surface area contributed by atoms with Gasteiger partial charge in [-0.2, -0.15) is 0 Å². The van der Waals surface area contributed by atoms with E-state index < -0.39 is 4.92 Å². The Morgan fingerprint density at radius 3 is 2.63 bits per heavy atom. The van der Waals surface area contributed by atoms with Gasteiger partial charge in [-0.05, 0) is 54.2 Å². The number of thioether (sulfide) groups is 1. The van der Waals surface area contributed by atoms with Crippen LogP contribution in [0.2, 0.25) is 0 Å². The molecule has 0 unspecified atom stereocenters. The van der Waals surface area contributed by atoms with Crippen molar-refractivity contribution >= 4 is 40.3 Å². The molecule has 3 aromatic rings. The Hall–Kier alpha value is -3.85. The summed E-state index contributed by atoms with van der Waals surface area (Å²) in [5.74, 6) is 1.18.